The number of nitrogens with zero attached hydrogens (tertiary/aromatic N) is 2. The van der Waals surface area contributed by atoms with Gasteiger partial charge in [-0.3, -0.25) is 0 Å². The van der Waals surface area contributed by atoms with Crippen LogP contribution in [-0.4, -0.2) is 31.2 Å². The summed E-state index contributed by atoms with van der Waals surface area (Å²) < 4.78 is 0. The standard InChI is InChI=1S/C23H30N4O/c24-14-15-4-6-18(7-5-15)27-10-8-17(9-11-27)25-23(28)26-22-13-16-12-21(22)20-3-1-2-19(16)20/h4-7,16-17,19-22H,1-3,8-13H2,(H2,25,26,28). The zero-order valence-electron chi connectivity index (χ0n) is 16.4. The summed E-state index contributed by atoms with van der Waals surface area (Å²) in [6.45, 7) is 1.88. The summed E-state index contributed by atoms with van der Waals surface area (Å²) in [4.78, 5) is 14.9. The first-order valence-corrected chi connectivity index (χ1v) is 11.0. The second-order valence-corrected chi connectivity index (χ2v) is 9.30. The number of benzene rings is 1. The molecule has 5 nitrogen and oxygen atoms in total. The predicted octanol–water partition coefficient (Wildman–Crippen LogP) is 3.65. The molecular formula is C23H30N4O. The first kappa shape index (κ1) is 17.8. The van der Waals surface area contributed by atoms with Crippen LogP contribution < -0.4 is 15.5 Å². The summed E-state index contributed by atoms with van der Waals surface area (Å²) >= 11 is 0. The number of fused-ring (bicyclic) bond motifs is 5. The van der Waals surface area contributed by atoms with E-state index >= 15 is 0 Å². The van der Waals surface area contributed by atoms with Gasteiger partial charge in [0.15, 0.2) is 0 Å². The molecule has 0 spiro atoms. The molecule has 4 aliphatic rings. The highest BCUT2D eigenvalue weighted by atomic mass is 16.2. The van der Waals surface area contributed by atoms with Crippen molar-refractivity contribution in [2.45, 2.75) is 57.0 Å². The van der Waals surface area contributed by atoms with E-state index in [1.54, 1.807) is 0 Å². The van der Waals surface area contributed by atoms with Gasteiger partial charge in [-0.15, -0.1) is 0 Å². The van der Waals surface area contributed by atoms with Crippen molar-refractivity contribution in [1.82, 2.24) is 10.6 Å². The van der Waals surface area contributed by atoms with Gasteiger partial charge in [0.25, 0.3) is 0 Å². The molecule has 5 rings (SSSR count). The Morgan fingerprint density at radius 2 is 1.71 bits per heavy atom. The first-order valence-electron chi connectivity index (χ1n) is 11.0. The van der Waals surface area contributed by atoms with Crippen molar-refractivity contribution in [1.29, 1.82) is 5.26 Å². The molecule has 1 heterocycles. The highest BCUT2D eigenvalue weighted by molar-refractivity contribution is 5.74. The quantitative estimate of drug-likeness (QED) is 0.844. The van der Waals surface area contributed by atoms with E-state index < -0.39 is 0 Å². The third-order valence-corrected chi connectivity index (χ3v) is 7.94. The summed E-state index contributed by atoms with van der Waals surface area (Å²) in [7, 11) is 0. The largest absolute Gasteiger partial charge is 0.371 e. The molecule has 5 unspecified atom stereocenters. The Kier molecular flexibility index (Phi) is 4.66. The molecule has 1 aliphatic heterocycles. The Labute approximate surface area is 167 Å². The molecule has 0 radical (unpaired) electrons. The molecule has 5 heteroatoms. The van der Waals surface area contributed by atoms with Gasteiger partial charge in [0.2, 0.25) is 0 Å². The fourth-order valence-corrected chi connectivity index (χ4v) is 6.66. The third kappa shape index (κ3) is 3.23. The second-order valence-electron chi connectivity index (χ2n) is 9.30. The first-order chi connectivity index (χ1) is 13.7. The number of carbonyl (C=O) groups excluding carboxylic acids is 1. The molecule has 3 aliphatic carbocycles. The fraction of sp³-hybridized carbons (Fsp3) is 0.652. The smallest absolute Gasteiger partial charge is 0.315 e. The second kappa shape index (κ2) is 7.31. The summed E-state index contributed by atoms with van der Waals surface area (Å²) in [5.41, 5.74) is 1.86. The highest BCUT2D eigenvalue weighted by Gasteiger charge is 2.54. The van der Waals surface area contributed by atoms with Crippen molar-refractivity contribution in [2.24, 2.45) is 23.7 Å². The van der Waals surface area contributed by atoms with E-state index in [2.05, 4.69) is 21.6 Å². The van der Waals surface area contributed by atoms with Crippen LogP contribution in [0, 0.1) is 35.0 Å². The Morgan fingerprint density at radius 3 is 2.46 bits per heavy atom. The highest BCUT2D eigenvalue weighted by Crippen LogP contribution is 2.58. The number of nitrogens with one attached hydrogen (secondary N) is 2. The van der Waals surface area contributed by atoms with Gasteiger partial charge in [-0.2, -0.15) is 5.26 Å². The molecule has 3 saturated carbocycles. The molecule has 1 aromatic carbocycles. The minimum absolute atomic E-state index is 0.0453. The fourth-order valence-electron chi connectivity index (χ4n) is 6.66. The van der Waals surface area contributed by atoms with Gasteiger partial charge >= 0.3 is 6.03 Å². The number of piperidine rings is 1. The van der Waals surface area contributed by atoms with Gasteiger partial charge in [-0.1, -0.05) is 6.42 Å². The molecule has 2 N–H and O–H groups in total. The number of amides is 2. The van der Waals surface area contributed by atoms with E-state index in [0.717, 1.165) is 55.3 Å². The van der Waals surface area contributed by atoms with Gasteiger partial charge in [0, 0.05) is 30.9 Å². The van der Waals surface area contributed by atoms with Crippen LogP contribution in [0.15, 0.2) is 24.3 Å². The lowest BCUT2D eigenvalue weighted by atomic mass is 9.79. The van der Waals surface area contributed by atoms with Crippen LogP contribution >= 0.6 is 0 Å². The van der Waals surface area contributed by atoms with Crippen molar-refractivity contribution in [2.75, 3.05) is 18.0 Å². The van der Waals surface area contributed by atoms with E-state index in [1.807, 2.05) is 24.3 Å². The molecule has 2 amide bonds. The number of anilines is 1. The summed E-state index contributed by atoms with van der Waals surface area (Å²) in [6, 6.07) is 10.7. The monoisotopic (exact) mass is 378 g/mol. The van der Waals surface area contributed by atoms with Crippen molar-refractivity contribution in [3.8, 4) is 6.07 Å². The molecule has 4 fully saturated rings. The van der Waals surface area contributed by atoms with Crippen LogP contribution in [0.4, 0.5) is 10.5 Å². The third-order valence-electron chi connectivity index (χ3n) is 7.94. The Hall–Kier alpha value is -2.22. The lowest BCUT2D eigenvalue weighted by molar-refractivity contribution is 0.195. The van der Waals surface area contributed by atoms with Crippen LogP contribution in [0.2, 0.25) is 0 Å². The summed E-state index contributed by atoms with van der Waals surface area (Å²) in [5, 5.41) is 15.5. The average Bonchev–Trinajstić information content (AvgIpc) is 3.42. The van der Waals surface area contributed by atoms with Crippen LogP contribution in [-0.2, 0) is 0 Å². The van der Waals surface area contributed by atoms with Gasteiger partial charge in [0.1, 0.15) is 0 Å². The van der Waals surface area contributed by atoms with Crippen LogP contribution in [0.1, 0.15) is 50.5 Å². The molecule has 0 aromatic heterocycles. The van der Waals surface area contributed by atoms with E-state index in [4.69, 9.17) is 5.26 Å². The number of hydrogen-bond donors (Lipinski definition) is 2. The Balaban J connectivity index is 1.09. The van der Waals surface area contributed by atoms with Gasteiger partial charge < -0.3 is 15.5 Å². The maximum Gasteiger partial charge on any atom is 0.315 e. The van der Waals surface area contributed by atoms with Crippen LogP contribution in [0.25, 0.3) is 0 Å². The average molecular weight is 379 g/mol. The van der Waals surface area contributed by atoms with Crippen molar-refractivity contribution in [3.05, 3.63) is 29.8 Å². The van der Waals surface area contributed by atoms with E-state index in [9.17, 15) is 4.79 Å². The summed E-state index contributed by atoms with van der Waals surface area (Å²) in [5.74, 6) is 3.47. The van der Waals surface area contributed by atoms with Crippen LogP contribution in [0.5, 0.6) is 0 Å². The Bertz CT molecular complexity index is 762. The number of urea groups is 1. The zero-order chi connectivity index (χ0) is 19.1. The van der Waals surface area contributed by atoms with Crippen molar-refractivity contribution < 1.29 is 4.79 Å². The topological polar surface area (TPSA) is 68.2 Å². The molecule has 1 aromatic rings. The Morgan fingerprint density at radius 1 is 0.964 bits per heavy atom. The molecule has 1 saturated heterocycles. The van der Waals surface area contributed by atoms with Gasteiger partial charge in [-0.05, 0) is 86.5 Å². The summed E-state index contributed by atoms with van der Waals surface area (Å²) in [6.07, 6.45) is 8.71. The lowest BCUT2D eigenvalue weighted by Crippen LogP contribution is -2.52. The van der Waals surface area contributed by atoms with Crippen molar-refractivity contribution in [3.63, 3.8) is 0 Å². The van der Waals surface area contributed by atoms with Crippen LogP contribution in [0.3, 0.4) is 0 Å². The molecule has 28 heavy (non-hydrogen) atoms. The van der Waals surface area contributed by atoms with E-state index in [-0.39, 0.29) is 12.1 Å². The minimum atomic E-state index is 0.0453. The molecular weight excluding hydrogens is 348 g/mol. The maximum absolute atomic E-state index is 12.6. The van der Waals surface area contributed by atoms with Crippen molar-refractivity contribution >= 4 is 11.7 Å². The molecule has 148 valence electrons. The number of carbonyl (C=O) groups is 1. The lowest BCUT2D eigenvalue weighted by Gasteiger charge is -2.35. The molecule has 2 bridgehead atoms. The maximum atomic E-state index is 12.6. The minimum Gasteiger partial charge on any atom is -0.371 e. The van der Waals surface area contributed by atoms with Gasteiger partial charge in [-0.25, -0.2) is 4.79 Å². The van der Waals surface area contributed by atoms with Gasteiger partial charge in [0.05, 0.1) is 11.6 Å². The number of nitriles is 1. The normalized spacial score (nSPS) is 34.1. The van der Waals surface area contributed by atoms with E-state index in [1.165, 1.54) is 32.1 Å². The van der Waals surface area contributed by atoms with E-state index in [0.29, 0.717) is 11.6 Å². The number of rotatable bonds is 3. The SMILES string of the molecule is N#Cc1ccc(N2CCC(NC(=O)NC3CC4CC3C3CCCC43)CC2)cc1. The predicted molar refractivity (Wildman–Crippen MR) is 109 cm³/mol. The molecule has 5 atom stereocenters. The number of hydrogen-bond acceptors (Lipinski definition) is 3. The zero-order valence-corrected chi connectivity index (χ0v) is 16.4.